The molecular weight excluding hydrogens is 112 g/mol. The summed E-state index contributed by atoms with van der Waals surface area (Å²) in [6.07, 6.45) is 2.51. The predicted molar refractivity (Wildman–Crippen MR) is 39.0 cm³/mol. The molecule has 1 aliphatic rings. The van der Waals surface area contributed by atoms with Crippen molar-refractivity contribution in [3.8, 4) is 0 Å². The second kappa shape index (κ2) is 2.48. The highest BCUT2D eigenvalue weighted by atomic mass is 15.1. The van der Waals surface area contributed by atoms with Crippen LogP contribution in [0.15, 0.2) is 0 Å². The van der Waals surface area contributed by atoms with Crippen LogP contribution in [0.1, 0.15) is 12.8 Å². The summed E-state index contributed by atoms with van der Waals surface area (Å²) in [5.41, 5.74) is 0.917. The molecule has 0 saturated heterocycles. The lowest BCUT2D eigenvalue weighted by atomic mass is 10.2. The van der Waals surface area contributed by atoms with Crippen molar-refractivity contribution in [1.82, 2.24) is 4.90 Å². The summed E-state index contributed by atoms with van der Waals surface area (Å²) >= 11 is 0. The Labute approximate surface area is 56.4 Å². The van der Waals surface area contributed by atoms with Gasteiger partial charge in [-0.05, 0) is 32.9 Å². The number of hydrogen-bond acceptors (Lipinski definition) is 2. The van der Waals surface area contributed by atoms with E-state index in [4.69, 9.17) is 5.41 Å². The van der Waals surface area contributed by atoms with Crippen LogP contribution in [0.3, 0.4) is 0 Å². The molecule has 0 unspecified atom stereocenters. The topological polar surface area (TPSA) is 27.1 Å². The molecule has 1 fully saturated rings. The fourth-order valence-corrected chi connectivity index (χ4v) is 0.902. The van der Waals surface area contributed by atoms with Gasteiger partial charge < -0.3 is 10.3 Å². The van der Waals surface area contributed by atoms with E-state index in [1.165, 1.54) is 12.8 Å². The van der Waals surface area contributed by atoms with E-state index in [0.717, 1.165) is 12.3 Å². The fourth-order valence-electron chi connectivity index (χ4n) is 0.902. The highest BCUT2D eigenvalue weighted by molar-refractivity contribution is 5.87. The predicted octanol–water partition coefficient (Wildman–Crippen LogP) is 0.978. The summed E-state index contributed by atoms with van der Waals surface area (Å²) < 4.78 is 0. The molecule has 2 nitrogen and oxygen atoms in total. The summed E-state index contributed by atoms with van der Waals surface area (Å²) in [6.45, 7) is 0.852. The van der Waals surface area contributed by atoms with Gasteiger partial charge in [-0.25, -0.2) is 0 Å². The van der Waals surface area contributed by atoms with E-state index in [1.54, 1.807) is 0 Å². The van der Waals surface area contributed by atoms with E-state index in [0.29, 0.717) is 5.92 Å². The average Bonchev–Trinajstić information content (AvgIpc) is 2.40. The summed E-state index contributed by atoms with van der Waals surface area (Å²) in [7, 11) is 4.02. The van der Waals surface area contributed by atoms with Crippen molar-refractivity contribution in [1.29, 1.82) is 5.41 Å². The number of hydrogen-bond donors (Lipinski definition) is 1. The maximum atomic E-state index is 7.49. The Kier molecular flexibility index (Phi) is 1.86. The van der Waals surface area contributed by atoms with Gasteiger partial charge in [0.2, 0.25) is 0 Å². The molecule has 0 bridgehead atoms. The van der Waals surface area contributed by atoms with Gasteiger partial charge in [-0.3, -0.25) is 0 Å². The van der Waals surface area contributed by atoms with Gasteiger partial charge in [0, 0.05) is 12.3 Å². The molecule has 0 aromatic rings. The van der Waals surface area contributed by atoms with E-state index >= 15 is 0 Å². The molecule has 1 N–H and O–H groups in total. The summed E-state index contributed by atoms with van der Waals surface area (Å²) in [6, 6.07) is 0. The quantitative estimate of drug-likeness (QED) is 0.561. The van der Waals surface area contributed by atoms with Gasteiger partial charge in [0.1, 0.15) is 0 Å². The molecule has 1 saturated carbocycles. The van der Waals surface area contributed by atoms with Gasteiger partial charge in [0.05, 0.1) is 0 Å². The van der Waals surface area contributed by atoms with Crippen LogP contribution in [-0.4, -0.2) is 31.3 Å². The number of nitrogens with one attached hydrogen (secondary N) is 1. The van der Waals surface area contributed by atoms with E-state index in [1.807, 2.05) is 14.1 Å². The monoisotopic (exact) mass is 126 g/mol. The van der Waals surface area contributed by atoms with Crippen LogP contribution in [0.25, 0.3) is 0 Å². The maximum Gasteiger partial charge on any atom is 0.0357 e. The smallest absolute Gasteiger partial charge is 0.0357 e. The van der Waals surface area contributed by atoms with E-state index in [2.05, 4.69) is 4.90 Å². The SMILES string of the molecule is CN(C)CC(=N)C1CC1. The molecule has 1 aliphatic carbocycles. The van der Waals surface area contributed by atoms with Crippen LogP contribution >= 0.6 is 0 Å². The molecule has 0 radical (unpaired) electrons. The first-order valence-electron chi connectivity index (χ1n) is 3.42. The minimum absolute atomic E-state index is 0.646. The molecule has 0 aromatic carbocycles. The first-order chi connectivity index (χ1) is 4.20. The third-order valence-corrected chi connectivity index (χ3v) is 1.56. The Morgan fingerprint density at radius 3 is 2.44 bits per heavy atom. The first-order valence-corrected chi connectivity index (χ1v) is 3.42. The molecule has 9 heavy (non-hydrogen) atoms. The maximum absolute atomic E-state index is 7.49. The van der Waals surface area contributed by atoms with Crippen LogP contribution in [0.2, 0.25) is 0 Å². The lowest BCUT2D eigenvalue weighted by Gasteiger charge is -2.08. The van der Waals surface area contributed by atoms with Crippen molar-refractivity contribution in [2.24, 2.45) is 5.92 Å². The minimum atomic E-state index is 0.646. The molecule has 0 amide bonds. The molecule has 1 rings (SSSR count). The largest absolute Gasteiger partial charge is 0.308 e. The Bertz CT molecular complexity index is 114. The van der Waals surface area contributed by atoms with Crippen LogP contribution in [0, 0.1) is 11.3 Å². The van der Waals surface area contributed by atoms with Gasteiger partial charge in [0.25, 0.3) is 0 Å². The molecule has 0 heterocycles. The Balaban J connectivity index is 2.18. The summed E-state index contributed by atoms with van der Waals surface area (Å²) in [5.74, 6) is 0.646. The zero-order valence-corrected chi connectivity index (χ0v) is 6.15. The molecule has 0 atom stereocenters. The number of nitrogens with zero attached hydrogens (tertiary/aromatic N) is 1. The fraction of sp³-hybridized carbons (Fsp3) is 0.857. The number of rotatable bonds is 3. The lowest BCUT2D eigenvalue weighted by molar-refractivity contribution is 0.465. The zero-order valence-electron chi connectivity index (χ0n) is 6.15. The van der Waals surface area contributed by atoms with Gasteiger partial charge in [-0.1, -0.05) is 0 Å². The van der Waals surface area contributed by atoms with E-state index in [-0.39, 0.29) is 0 Å². The molecule has 2 heteroatoms. The normalized spacial score (nSPS) is 18.6. The van der Waals surface area contributed by atoms with Crippen molar-refractivity contribution in [2.75, 3.05) is 20.6 Å². The Morgan fingerprint density at radius 1 is 1.56 bits per heavy atom. The molecule has 0 spiro atoms. The minimum Gasteiger partial charge on any atom is -0.308 e. The van der Waals surface area contributed by atoms with E-state index in [9.17, 15) is 0 Å². The highest BCUT2D eigenvalue weighted by Gasteiger charge is 2.25. The second-order valence-corrected chi connectivity index (χ2v) is 3.04. The third kappa shape index (κ3) is 2.14. The van der Waals surface area contributed by atoms with Crippen molar-refractivity contribution in [3.05, 3.63) is 0 Å². The van der Waals surface area contributed by atoms with Gasteiger partial charge in [0.15, 0.2) is 0 Å². The van der Waals surface area contributed by atoms with Crippen LogP contribution < -0.4 is 0 Å². The van der Waals surface area contributed by atoms with Gasteiger partial charge in [-0.15, -0.1) is 0 Å². The molecular formula is C7H14N2. The highest BCUT2D eigenvalue weighted by Crippen LogP contribution is 2.29. The first kappa shape index (κ1) is 6.75. The van der Waals surface area contributed by atoms with Crippen molar-refractivity contribution in [2.45, 2.75) is 12.8 Å². The summed E-state index contributed by atoms with van der Waals surface area (Å²) in [4.78, 5) is 2.06. The van der Waals surface area contributed by atoms with Crippen LogP contribution in [0.4, 0.5) is 0 Å². The molecule has 0 aliphatic heterocycles. The van der Waals surface area contributed by atoms with Crippen molar-refractivity contribution < 1.29 is 0 Å². The second-order valence-electron chi connectivity index (χ2n) is 3.04. The third-order valence-electron chi connectivity index (χ3n) is 1.56. The van der Waals surface area contributed by atoms with Crippen molar-refractivity contribution in [3.63, 3.8) is 0 Å². The van der Waals surface area contributed by atoms with Crippen LogP contribution in [0.5, 0.6) is 0 Å². The average molecular weight is 126 g/mol. The van der Waals surface area contributed by atoms with E-state index < -0.39 is 0 Å². The molecule has 52 valence electrons. The Hall–Kier alpha value is -0.370. The zero-order chi connectivity index (χ0) is 6.85. The van der Waals surface area contributed by atoms with Crippen LogP contribution in [-0.2, 0) is 0 Å². The molecule has 0 aromatic heterocycles. The lowest BCUT2D eigenvalue weighted by Crippen LogP contribution is -2.22. The standard InChI is InChI=1S/C7H14N2/c1-9(2)5-7(8)6-3-4-6/h6,8H,3-5H2,1-2H3. The van der Waals surface area contributed by atoms with Crippen molar-refractivity contribution >= 4 is 5.71 Å². The van der Waals surface area contributed by atoms with Gasteiger partial charge >= 0.3 is 0 Å². The van der Waals surface area contributed by atoms with Gasteiger partial charge in [-0.2, -0.15) is 0 Å². The summed E-state index contributed by atoms with van der Waals surface area (Å²) in [5, 5.41) is 7.49. The Morgan fingerprint density at radius 2 is 2.11 bits per heavy atom.